The Balaban J connectivity index is 1.45. The number of nitrogens with zero attached hydrogens (tertiary/aromatic N) is 3. The third kappa shape index (κ3) is 3.59. The average Bonchev–Trinajstić information content (AvgIpc) is 3.00. The van der Waals surface area contributed by atoms with Crippen LogP contribution in [0, 0.1) is 0 Å². The number of hydrogen-bond donors (Lipinski definition) is 2. The number of imidazole rings is 1. The van der Waals surface area contributed by atoms with Gasteiger partial charge in [0.1, 0.15) is 5.65 Å². The molecule has 0 unspecified atom stereocenters. The highest BCUT2D eigenvalue weighted by Crippen LogP contribution is 2.04. The van der Waals surface area contributed by atoms with Crippen LogP contribution in [0.15, 0.2) is 30.7 Å². The molecule has 6 heteroatoms. The molecule has 3 rings (SSSR count). The van der Waals surface area contributed by atoms with Gasteiger partial charge in [-0.05, 0) is 25.1 Å². The van der Waals surface area contributed by atoms with Gasteiger partial charge in [-0.2, -0.15) is 0 Å². The largest absolute Gasteiger partial charge is 0.352 e. The summed E-state index contributed by atoms with van der Waals surface area (Å²) in [6.45, 7) is 6.10. The number of rotatable bonds is 5. The molecule has 0 aliphatic carbocycles. The lowest BCUT2D eigenvalue weighted by molar-refractivity contribution is 0.0951. The van der Waals surface area contributed by atoms with Gasteiger partial charge in [0.25, 0.3) is 5.91 Å². The second-order valence-electron chi connectivity index (χ2n) is 5.31. The normalized spacial score (nSPS) is 16.2. The zero-order valence-electron chi connectivity index (χ0n) is 12.1. The van der Waals surface area contributed by atoms with Gasteiger partial charge in [-0.3, -0.25) is 4.79 Å². The molecule has 1 amide bonds. The van der Waals surface area contributed by atoms with Crippen LogP contribution in [0.4, 0.5) is 0 Å². The van der Waals surface area contributed by atoms with Crippen LogP contribution in [0.1, 0.15) is 16.8 Å². The van der Waals surface area contributed by atoms with Crippen molar-refractivity contribution in [1.82, 2.24) is 24.9 Å². The van der Waals surface area contributed by atoms with Gasteiger partial charge >= 0.3 is 0 Å². The smallest absolute Gasteiger partial charge is 0.252 e. The van der Waals surface area contributed by atoms with Crippen LogP contribution in [0.3, 0.4) is 0 Å². The quantitative estimate of drug-likeness (QED) is 0.780. The van der Waals surface area contributed by atoms with Gasteiger partial charge < -0.3 is 19.9 Å². The third-order valence-corrected chi connectivity index (χ3v) is 3.80. The second kappa shape index (κ2) is 6.69. The molecule has 0 spiro atoms. The zero-order chi connectivity index (χ0) is 14.5. The topological polar surface area (TPSA) is 61.7 Å². The number of hydrogen-bond acceptors (Lipinski definition) is 4. The van der Waals surface area contributed by atoms with Gasteiger partial charge in [-0.15, -0.1) is 0 Å². The number of nitrogens with one attached hydrogen (secondary N) is 2. The number of fused-ring (bicyclic) bond motifs is 1. The molecule has 0 aromatic carbocycles. The first-order valence-electron chi connectivity index (χ1n) is 7.47. The molecule has 0 radical (unpaired) electrons. The molecule has 0 bridgehead atoms. The molecule has 0 saturated carbocycles. The van der Waals surface area contributed by atoms with E-state index in [1.165, 1.54) is 0 Å². The standard InChI is InChI=1S/C15H21N5O/c21-15(13-2-3-14-17-7-11-20(14)12-13)18-4-1-8-19-9-5-16-6-10-19/h2-3,7,11-12,16H,1,4-6,8-10H2,(H,18,21). The van der Waals surface area contributed by atoms with Crippen molar-refractivity contribution < 1.29 is 4.79 Å². The Morgan fingerprint density at radius 2 is 2.19 bits per heavy atom. The maximum atomic E-state index is 12.1. The summed E-state index contributed by atoms with van der Waals surface area (Å²) in [4.78, 5) is 18.7. The first-order valence-corrected chi connectivity index (χ1v) is 7.47. The van der Waals surface area contributed by atoms with Gasteiger partial charge in [0.15, 0.2) is 0 Å². The van der Waals surface area contributed by atoms with Crippen molar-refractivity contribution in [2.75, 3.05) is 39.3 Å². The van der Waals surface area contributed by atoms with E-state index >= 15 is 0 Å². The summed E-state index contributed by atoms with van der Waals surface area (Å²) in [5, 5.41) is 6.32. The predicted molar refractivity (Wildman–Crippen MR) is 81.5 cm³/mol. The maximum absolute atomic E-state index is 12.1. The molecule has 0 atom stereocenters. The molecule has 2 aromatic rings. The Morgan fingerprint density at radius 1 is 1.33 bits per heavy atom. The molecular weight excluding hydrogens is 266 g/mol. The molecule has 1 aliphatic heterocycles. The van der Waals surface area contributed by atoms with Crippen LogP contribution < -0.4 is 10.6 Å². The lowest BCUT2D eigenvalue weighted by Gasteiger charge is -2.27. The van der Waals surface area contributed by atoms with Gasteiger partial charge in [-0.1, -0.05) is 0 Å². The molecule has 1 aliphatic rings. The van der Waals surface area contributed by atoms with Gasteiger partial charge in [0.2, 0.25) is 0 Å². The van der Waals surface area contributed by atoms with Crippen LogP contribution >= 0.6 is 0 Å². The summed E-state index contributed by atoms with van der Waals surface area (Å²) >= 11 is 0. The van der Waals surface area contributed by atoms with Gasteiger partial charge in [0.05, 0.1) is 5.56 Å². The maximum Gasteiger partial charge on any atom is 0.252 e. The highest BCUT2D eigenvalue weighted by atomic mass is 16.1. The van der Waals surface area contributed by atoms with E-state index in [2.05, 4.69) is 20.5 Å². The van der Waals surface area contributed by atoms with Crippen LogP contribution in [0.2, 0.25) is 0 Å². The first-order chi connectivity index (χ1) is 10.3. The number of piperazine rings is 1. The van der Waals surface area contributed by atoms with E-state index in [-0.39, 0.29) is 5.91 Å². The predicted octanol–water partition coefficient (Wildman–Crippen LogP) is 0.359. The van der Waals surface area contributed by atoms with E-state index in [0.29, 0.717) is 12.1 Å². The number of carbonyl (C=O) groups is 1. The van der Waals surface area contributed by atoms with E-state index in [9.17, 15) is 4.79 Å². The lowest BCUT2D eigenvalue weighted by atomic mass is 10.2. The van der Waals surface area contributed by atoms with Crippen LogP contribution in [-0.4, -0.2) is 59.5 Å². The van der Waals surface area contributed by atoms with Crippen molar-refractivity contribution in [1.29, 1.82) is 0 Å². The van der Waals surface area contributed by atoms with Crippen molar-refractivity contribution in [3.8, 4) is 0 Å². The molecule has 6 nitrogen and oxygen atoms in total. The fourth-order valence-corrected chi connectivity index (χ4v) is 2.60. The Kier molecular flexibility index (Phi) is 4.47. The van der Waals surface area contributed by atoms with Crippen molar-refractivity contribution >= 4 is 11.6 Å². The van der Waals surface area contributed by atoms with Crippen molar-refractivity contribution in [3.05, 3.63) is 36.3 Å². The summed E-state index contributed by atoms with van der Waals surface area (Å²) in [6.07, 6.45) is 6.37. The minimum Gasteiger partial charge on any atom is -0.352 e. The van der Waals surface area contributed by atoms with E-state index in [0.717, 1.165) is 44.8 Å². The zero-order valence-corrected chi connectivity index (χ0v) is 12.1. The van der Waals surface area contributed by atoms with Crippen LogP contribution in [-0.2, 0) is 0 Å². The second-order valence-corrected chi connectivity index (χ2v) is 5.31. The third-order valence-electron chi connectivity index (χ3n) is 3.80. The number of amides is 1. The summed E-state index contributed by atoms with van der Waals surface area (Å²) in [5.41, 5.74) is 1.52. The summed E-state index contributed by atoms with van der Waals surface area (Å²) in [6, 6.07) is 3.67. The fourth-order valence-electron chi connectivity index (χ4n) is 2.60. The summed E-state index contributed by atoms with van der Waals surface area (Å²) in [5.74, 6) is -0.0223. The first kappa shape index (κ1) is 14.0. The minimum atomic E-state index is -0.0223. The molecule has 2 N–H and O–H groups in total. The van der Waals surface area contributed by atoms with Crippen molar-refractivity contribution in [2.24, 2.45) is 0 Å². The number of pyridine rings is 1. The Labute approximate surface area is 124 Å². The highest BCUT2D eigenvalue weighted by molar-refractivity contribution is 5.94. The molecular formula is C15H21N5O. The number of aromatic nitrogens is 2. The fraction of sp³-hybridized carbons (Fsp3) is 0.467. The minimum absolute atomic E-state index is 0.0223. The summed E-state index contributed by atoms with van der Waals surface area (Å²) < 4.78 is 1.86. The van der Waals surface area contributed by atoms with E-state index in [4.69, 9.17) is 0 Å². The van der Waals surface area contributed by atoms with E-state index < -0.39 is 0 Å². The Bertz CT molecular complexity index is 603. The van der Waals surface area contributed by atoms with Crippen molar-refractivity contribution in [2.45, 2.75) is 6.42 Å². The SMILES string of the molecule is O=C(NCCCN1CCNCC1)c1ccc2nccn2c1. The van der Waals surface area contributed by atoms with E-state index in [1.54, 1.807) is 6.20 Å². The molecule has 1 fully saturated rings. The molecule has 1 saturated heterocycles. The van der Waals surface area contributed by atoms with Gasteiger partial charge in [0, 0.05) is 51.3 Å². The summed E-state index contributed by atoms with van der Waals surface area (Å²) in [7, 11) is 0. The van der Waals surface area contributed by atoms with E-state index in [1.807, 2.05) is 28.9 Å². The molecule has 3 heterocycles. The molecule has 112 valence electrons. The van der Waals surface area contributed by atoms with Crippen LogP contribution in [0.25, 0.3) is 5.65 Å². The molecule has 21 heavy (non-hydrogen) atoms. The molecule has 2 aromatic heterocycles. The highest BCUT2D eigenvalue weighted by Gasteiger charge is 2.09. The number of carbonyl (C=O) groups excluding carboxylic acids is 1. The van der Waals surface area contributed by atoms with Crippen molar-refractivity contribution in [3.63, 3.8) is 0 Å². The Morgan fingerprint density at radius 3 is 3.05 bits per heavy atom. The average molecular weight is 287 g/mol. The van der Waals surface area contributed by atoms with Crippen LogP contribution in [0.5, 0.6) is 0 Å². The monoisotopic (exact) mass is 287 g/mol. The lowest BCUT2D eigenvalue weighted by Crippen LogP contribution is -2.44. The Hall–Kier alpha value is -1.92. The van der Waals surface area contributed by atoms with Gasteiger partial charge in [-0.25, -0.2) is 4.98 Å².